The van der Waals surface area contributed by atoms with Gasteiger partial charge in [0.05, 0.1) is 17.6 Å². The van der Waals surface area contributed by atoms with Crippen molar-refractivity contribution in [2.45, 2.75) is 84.6 Å². The predicted molar refractivity (Wildman–Crippen MR) is 194 cm³/mol. The van der Waals surface area contributed by atoms with Gasteiger partial charge in [-0.2, -0.15) is 0 Å². The maximum absolute atomic E-state index is 13.2. The number of aliphatic hydroxyl groups is 3. The Morgan fingerprint density at radius 1 is 1.04 bits per heavy atom. The highest BCUT2D eigenvalue weighted by atomic mass is 16.7. The molecule has 3 aromatic rings. The molecule has 0 bridgehead atoms. The van der Waals surface area contributed by atoms with Gasteiger partial charge in [-0.25, -0.2) is 4.79 Å². The Bertz CT molecular complexity index is 1940. The van der Waals surface area contributed by atoms with E-state index in [2.05, 4.69) is 32.9 Å². The van der Waals surface area contributed by atoms with Gasteiger partial charge in [0.15, 0.2) is 11.5 Å². The number of esters is 1. The lowest BCUT2D eigenvalue weighted by molar-refractivity contribution is -0.281. The molecule has 5 rings (SSSR count). The third kappa shape index (κ3) is 8.95. The van der Waals surface area contributed by atoms with Gasteiger partial charge in [0.25, 0.3) is 0 Å². The first kappa shape index (κ1) is 37.5. The topological polar surface area (TPSA) is 156 Å². The van der Waals surface area contributed by atoms with Crippen molar-refractivity contribution < 1.29 is 43.8 Å². The Hall–Kier alpha value is -4.74. The number of allylic oxidation sites excluding steroid dienone is 9. The normalized spacial score (nSPS) is 24.4. The van der Waals surface area contributed by atoms with Crippen molar-refractivity contribution in [2.75, 3.05) is 6.61 Å². The summed E-state index contributed by atoms with van der Waals surface area (Å²) in [5.74, 6) is -0.585. The summed E-state index contributed by atoms with van der Waals surface area (Å²) in [5.41, 5.74) is 5.34. The Labute approximate surface area is 297 Å². The molecule has 1 fully saturated rings. The summed E-state index contributed by atoms with van der Waals surface area (Å²) in [6.07, 6.45) is 8.53. The van der Waals surface area contributed by atoms with E-state index in [-0.39, 0.29) is 33.3 Å². The van der Waals surface area contributed by atoms with Crippen LogP contribution in [0, 0.1) is 5.41 Å². The summed E-state index contributed by atoms with van der Waals surface area (Å²) in [5, 5.41) is 41.1. The molecule has 2 aliphatic rings. The Kier molecular flexibility index (Phi) is 11.8. The minimum atomic E-state index is -1.65. The highest BCUT2D eigenvalue weighted by molar-refractivity contribution is 5.84. The fraction of sp³-hybridized carbons (Fsp3) is 0.366. The van der Waals surface area contributed by atoms with E-state index in [9.17, 15) is 30.0 Å². The molecule has 5 atom stereocenters. The van der Waals surface area contributed by atoms with Crippen molar-refractivity contribution in [2.24, 2.45) is 5.41 Å². The summed E-state index contributed by atoms with van der Waals surface area (Å²) >= 11 is 0. The first-order valence-corrected chi connectivity index (χ1v) is 17.0. The van der Waals surface area contributed by atoms with Crippen molar-refractivity contribution in [1.29, 1.82) is 0 Å². The average molecular weight is 699 g/mol. The molecular weight excluding hydrogens is 652 g/mol. The summed E-state index contributed by atoms with van der Waals surface area (Å²) in [7, 11) is 0. The highest BCUT2D eigenvalue weighted by Gasteiger charge is 2.48. The number of rotatable bonds is 10. The van der Waals surface area contributed by atoms with Crippen LogP contribution in [-0.2, 0) is 14.3 Å². The number of hydrogen-bond donors (Lipinski definition) is 4. The van der Waals surface area contributed by atoms with Gasteiger partial charge in [-0.15, -0.1) is 0 Å². The number of aliphatic hydroxyl groups excluding tert-OH is 3. The molecule has 1 aliphatic carbocycles. The van der Waals surface area contributed by atoms with Crippen LogP contribution >= 0.6 is 0 Å². The van der Waals surface area contributed by atoms with Gasteiger partial charge in [-0.1, -0.05) is 67.5 Å². The minimum Gasteiger partial charge on any atom is -0.508 e. The number of carbonyl (C=O) groups is 1. The SMILES string of the molecule is CC1=C(/C=C/C(C)=C/C=C/C(C)=C/C(=O)O[C@H]2C(Oc3ccc4c(=O)c(-c5ccc(O)cc5)coc4c3)O[C@H](CO)[C@@H](O)[C@@H]2O)C(C)(C)CCC1. The molecular formula is C41H46O10. The molecule has 0 saturated carbocycles. The average Bonchev–Trinajstić information content (AvgIpc) is 3.08. The van der Waals surface area contributed by atoms with Crippen molar-refractivity contribution >= 4 is 16.9 Å². The molecule has 2 aromatic carbocycles. The first-order valence-electron chi connectivity index (χ1n) is 17.0. The van der Waals surface area contributed by atoms with E-state index in [1.165, 1.54) is 60.2 Å². The number of benzene rings is 2. The van der Waals surface area contributed by atoms with Gasteiger partial charge < -0.3 is 39.1 Å². The molecule has 1 unspecified atom stereocenters. The maximum Gasteiger partial charge on any atom is 0.331 e. The van der Waals surface area contributed by atoms with Gasteiger partial charge in [0.1, 0.15) is 41.7 Å². The van der Waals surface area contributed by atoms with Gasteiger partial charge in [0.2, 0.25) is 6.29 Å². The zero-order chi connectivity index (χ0) is 36.9. The third-order valence-corrected chi connectivity index (χ3v) is 9.37. The lowest BCUT2D eigenvalue weighted by atomic mass is 9.72. The van der Waals surface area contributed by atoms with Crippen LogP contribution in [0.25, 0.3) is 22.1 Å². The molecule has 0 spiro atoms. The summed E-state index contributed by atoms with van der Waals surface area (Å²) in [6.45, 7) is 9.86. The number of carbonyl (C=O) groups excluding carboxylic acids is 1. The lowest BCUT2D eigenvalue weighted by Gasteiger charge is -2.41. The molecule has 4 N–H and O–H groups in total. The largest absolute Gasteiger partial charge is 0.508 e. The summed E-state index contributed by atoms with van der Waals surface area (Å²) in [4.78, 5) is 26.2. The van der Waals surface area contributed by atoms with Crippen molar-refractivity contribution in [3.05, 3.63) is 118 Å². The van der Waals surface area contributed by atoms with Crippen molar-refractivity contribution in [1.82, 2.24) is 0 Å². The fourth-order valence-corrected chi connectivity index (χ4v) is 6.47. The molecule has 2 heterocycles. The second kappa shape index (κ2) is 16.1. The van der Waals surface area contributed by atoms with Crippen LogP contribution in [-0.4, -0.2) is 63.7 Å². The van der Waals surface area contributed by atoms with E-state index in [1.54, 1.807) is 25.1 Å². The number of ether oxygens (including phenoxy) is 3. The van der Waals surface area contributed by atoms with Crippen LogP contribution in [0.1, 0.15) is 53.9 Å². The standard InChI is InChI=1S/C41H46O10/c1-24(11-18-32-26(3)10-7-19-41(32,4)5)8-6-9-25(2)20-35(44)51-39-38(47)37(46)34(22-42)50-40(39)49-29-16-17-30-33(21-29)48-23-31(36(30)45)27-12-14-28(43)15-13-27/h6,8-9,11-18,20-21,23,34,37-40,42-43,46-47H,7,10,19,22H2,1-5H3/b9-6+,18-11+,24-8+,25-20+/t34-,37-,38+,39-,40?/m1/s1. The minimum absolute atomic E-state index is 0.0670. The molecule has 1 aromatic heterocycles. The molecule has 1 aliphatic heterocycles. The smallest absolute Gasteiger partial charge is 0.331 e. The van der Waals surface area contributed by atoms with Gasteiger partial charge in [-0.05, 0) is 86.4 Å². The van der Waals surface area contributed by atoms with Crippen LogP contribution in [0.3, 0.4) is 0 Å². The van der Waals surface area contributed by atoms with Crippen molar-refractivity contribution in [3.63, 3.8) is 0 Å². The second-order valence-electron chi connectivity index (χ2n) is 13.8. The van der Waals surface area contributed by atoms with Gasteiger partial charge in [0, 0.05) is 12.1 Å². The molecule has 10 heteroatoms. The van der Waals surface area contributed by atoms with Gasteiger partial charge >= 0.3 is 5.97 Å². The van der Waals surface area contributed by atoms with Crippen LogP contribution < -0.4 is 10.2 Å². The number of fused-ring (bicyclic) bond motifs is 1. The van der Waals surface area contributed by atoms with E-state index in [4.69, 9.17) is 18.6 Å². The molecule has 0 radical (unpaired) electrons. The van der Waals surface area contributed by atoms with Crippen LogP contribution in [0.2, 0.25) is 0 Å². The van der Waals surface area contributed by atoms with E-state index >= 15 is 0 Å². The van der Waals surface area contributed by atoms with Crippen LogP contribution in [0.4, 0.5) is 0 Å². The van der Waals surface area contributed by atoms with E-state index in [1.807, 2.05) is 19.1 Å². The molecule has 10 nitrogen and oxygen atoms in total. The number of phenolic OH excluding ortho intramolecular Hbond substituents is 1. The zero-order valence-electron chi connectivity index (χ0n) is 29.5. The van der Waals surface area contributed by atoms with E-state index < -0.39 is 43.3 Å². The number of phenols is 1. The quantitative estimate of drug-likeness (QED) is 0.106. The number of hydrogen-bond acceptors (Lipinski definition) is 10. The molecule has 1 saturated heterocycles. The highest BCUT2D eigenvalue weighted by Crippen LogP contribution is 2.41. The number of aromatic hydroxyl groups is 1. The predicted octanol–water partition coefficient (Wildman–Crippen LogP) is 6.43. The molecule has 51 heavy (non-hydrogen) atoms. The molecule has 270 valence electrons. The van der Waals surface area contributed by atoms with Gasteiger partial charge in [-0.3, -0.25) is 4.79 Å². The lowest BCUT2D eigenvalue weighted by Crippen LogP contribution is -2.61. The monoisotopic (exact) mass is 698 g/mol. The Balaban J connectivity index is 1.29. The van der Waals surface area contributed by atoms with E-state index in [0.29, 0.717) is 16.7 Å². The summed E-state index contributed by atoms with van der Waals surface area (Å²) in [6, 6.07) is 10.6. The first-order chi connectivity index (χ1) is 24.3. The zero-order valence-corrected chi connectivity index (χ0v) is 29.5. The Morgan fingerprint density at radius 3 is 2.49 bits per heavy atom. The fourth-order valence-electron chi connectivity index (χ4n) is 6.47. The van der Waals surface area contributed by atoms with Crippen molar-refractivity contribution in [3.8, 4) is 22.6 Å². The van der Waals surface area contributed by atoms with Crippen LogP contribution in [0.15, 0.2) is 117 Å². The maximum atomic E-state index is 13.2. The van der Waals surface area contributed by atoms with E-state index in [0.717, 1.165) is 18.4 Å². The third-order valence-electron chi connectivity index (χ3n) is 9.37. The second-order valence-corrected chi connectivity index (χ2v) is 13.8. The van der Waals surface area contributed by atoms with Crippen LogP contribution in [0.5, 0.6) is 11.5 Å². The molecule has 0 amide bonds. The summed E-state index contributed by atoms with van der Waals surface area (Å²) < 4.78 is 23.0. The Morgan fingerprint density at radius 2 is 1.78 bits per heavy atom.